The van der Waals surface area contributed by atoms with Crippen LogP contribution in [0.5, 0.6) is 0 Å². The molecule has 0 saturated heterocycles. The first-order valence-corrected chi connectivity index (χ1v) is 4.43. The van der Waals surface area contributed by atoms with E-state index in [4.69, 9.17) is 11.6 Å². The molecule has 0 amide bonds. The van der Waals surface area contributed by atoms with E-state index in [1.807, 2.05) is 7.05 Å². The fourth-order valence-electron chi connectivity index (χ4n) is 1.22. The maximum atomic E-state index is 5.92. The van der Waals surface area contributed by atoms with Gasteiger partial charge in [0.15, 0.2) is 0 Å². The number of nitrogens with zero attached hydrogens (tertiary/aromatic N) is 3. The van der Waals surface area contributed by atoms with Crippen LogP contribution in [0.25, 0.3) is 0 Å². The average Bonchev–Trinajstić information content (AvgIpc) is 2.38. The summed E-state index contributed by atoms with van der Waals surface area (Å²) in [5, 5.41) is 4.55. The first-order valence-electron chi connectivity index (χ1n) is 4.05. The summed E-state index contributed by atoms with van der Waals surface area (Å²) in [4.78, 5) is 2.14. The van der Waals surface area contributed by atoms with Gasteiger partial charge >= 0.3 is 0 Å². The summed E-state index contributed by atoms with van der Waals surface area (Å²) in [6.07, 6.45) is 2.72. The van der Waals surface area contributed by atoms with E-state index in [2.05, 4.69) is 30.0 Å². The Kier molecular flexibility index (Phi) is 2.98. The molecule has 1 aromatic rings. The second-order valence-corrected chi connectivity index (χ2v) is 2.92. The fraction of sp³-hybridized carbons (Fsp3) is 0.625. The topological polar surface area (TPSA) is 21.1 Å². The predicted molar refractivity (Wildman–Crippen MR) is 50.6 cm³/mol. The Bertz CT molecular complexity index is 233. The van der Waals surface area contributed by atoms with E-state index in [1.165, 1.54) is 0 Å². The summed E-state index contributed by atoms with van der Waals surface area (Å²) in [6, 6.07) is 0. The van der Waals surface area contributed by atoms with Crippen molar-refractivity contribution >= 4 is 17.4 Å². The van der Waals surface area contributed by atoms with E-state index in [-0.39, 0.29) is 0 Å². The maximum Gasteiger partial charge on any atom is 0.146 e. The molecule has 0 aliphatic carbocycles. The van der Waals surface area contributed by atoms with Crippen LogP contribution < -0.4 is 4.90 Å². The van der Waals surface area contributed by atoms with Gasteiger partial charge in [0, 0.05) is 20.1 Å². The number of anilines is 1. The van der Waals surface area contributed by atoms with E-state index in [0.29, 0.717) is 5.02 Å². The lowest BCUT2D eigenvalue weighted by molar-refractivity contribution is 0.720. The van der Waals surface area contributed by atoms with E-state index in [1.54, 1.807) is 4.68 Å². The molecule has 0 atom stereocenters. The quantitative estimate of drug-likeness (QED) is 0.717. The van der Waals surface area contributed by atoms with Crippen molar-refractivity contribution in [3.63, 3.8) is 0 Å². The van der Waals surface area contributed by atoms with Crippen LogP contribution >= 0.6 is 11.6 Å². The van der Waals surface area contributed by atoms with Gasteiger partial charge in [0.25, 0.3) is 0 Å². The lowest BCUT2D eigenvalue weighted by Gasteiger charge is -2.20. The van der Waals surface area contributed by atoms with Crippen LogP contribution in [0.1, 0.15) is 13.8 Å². The van der Waals surface area contributed by atoms with Crippen LogP contribution in [0.3, 0.4) is 0 Å². The zero-order chi connectivity index (χ0) is 9.14. The minimum absolute atomic E-state index is 0.598. The van der Waals surface area contributed by atoms with Gasteiger partial charge in [-0.15, -0.1) is 0 Å². The highest BCUT2D eigenvalue weighted by molar-refractivity contribution is 6.32. The van der Waals surface area contributed by atoms with Gasteiger partial charge in [0.05, 0.1) is 0 Å². The van der Waals surface area contributed by atoms with Crippen molar-refractivity contribution in [1.82, 2.24) is 9.78 Å². The molecule has 0 aromatic carbocycles. The van der Waals surface area contributed by atoms with Crippen LogP contribution in [-0.2, 0) is 7.05 Å². The van der Waals surface area contributed by atoms with Crippen LogP contribution in [0.4, 0.5) is 5.82 Å². The van der Waals surface area contributed by atoms with Gasteiger partial charge < -0.3 is 4.90 Å². The first kappa shape index (κ1) is 9.39. The molecule has 0 aliphatic rings. The predicted octanol–water partition coefficient (Wildman–Crippen LogP) is 1.72. The Labute approximate surface area is 77.9 Å². The van der Waals surface area contributed by atoms with Gasteiger partial charge in [-0.05, 0) is 13.8 Å². The normalized spacial score (nSPS) is 10.3. The van der Waals surface area contributed by atoms with Crippen LogP contribution in [0, 0.1) is 6.20 Å². The molecule has 67 valence electrons. The molecule has 0 spiro atoms. The van der Waals surface area contributed by atoms with Crippen LogP contribution in [0.15, 0.2) is 0 Å². The second kappa shape index (κ2) is 3.81. The van der Waals surface area contributed by atoms with Gasteiger partial charge in [-0.1, -0.05) is 11.6 Å². The Morgan fingerprint density at radius 2 is 2.08 bits per heavy atom. The summed E-state index contributed by atoms with van der Waals surface area (Å²) in [6.45, 7) is 6.05. The van der Waals surface area contributed by atoms with Crippen molar-refractivity contribution in [2.75, 3.05) is 18.0 Å². The zero-order valence-corrected chi connectivity index (χ0v) is 8.39. The SMILES string of the molecule is CCN(CC)c1c(Cl)[c]nn1C. The summed E-state index contributed by atoms with van der Waals surface area (Å²) >= 11 is 5.92. The first-order chi connectivity index (χ1) is 5.70. The molecule has 0 N–H and O–H groups in total. The monoisotopic (exact) mass is 186 g/mol. The highest BCUT2D eigenvalue weighted by Crippen LogP contribution is 2.23. The van der Waals surface area contributed by atoms with Gasteiger partial charge in [-0.3, -0.25) is 4.68 Å². The smallest absolute Gasteiger partial charge is 0.146 e. The molecular weight excluding hydrogens is 174 g/mol. The Morgan fingerprint density at radius 1 is 1.50 bits per heavy atom. The van der Waals surface area contributed by atoms with Gasteiger partial charge in [0.1, 0.15) is 17.0 Å². The van der Waals surface area contributed by atoms with Crippen LogP contribution in [-0.4, -0.2) is 22.9 Å². The van der Waals surface area contributed by atoms with E-state index >= 15 is 0 Å². The van der Waals surface area contributed by atoms with Gasteiger partial charge in [-0.2, -0.15) is 5.10 Å². The number of aryl methyl sites for hydroxylation is 1. The highest BCUT2D eigenvalue weighted by atomic mass is 35.5. The molecule has 1 heterocycles. The number of hydrogen-bond acceptors (Lipinski definition) is 2. The largest absolute Gasteiger partial charge is 0.356 e. The molecule has 0 unspecified atom stereocenters. The molecule has 12 heavy (non-hydrogen) atoms. The molecule has 0 aliphatic heterocycles. The average molecular weight is 187 g/mol. The number of rotatable bonds is 3. The van der Waals surface area contributed by atoms with E-state index < -0.39 is 0 Å². The molecule has 0 bridgehead atoms. The van der Waals surface area contributed by atoms with Gasteiger partial charge in [-0.25, -0.2) is 0 Å². The number of aromatic nitrogens is 2. The Hall–Kier alpha value is -0.700. The molecule has 1 radical (unpaired) electrons. The fourth-order valence-corrected chi connectivity index (χ4v) is 1.50. The molecule has 3 nitrogen and oxygen atoms in total. The standard InChI is InChI=1S/C8H13ClN3/c1-4-12(5-2)8-7(9)6-10-11(8)3/h4-5H2,1-3H3. The van der Waals surface area contributed by atoms with Crippen molar-refractivity contribution in [3.05, 3.63) is 11.2 Å². The lowest BCUT2D eigenvalue weighted by Crippen LogP contribution is -2.24. The number of hydrogen-bond donors (Lipinski definition) is 0. The van der Waals surface area contributed by atoms with Crippen molar-refractivity contribution in [2.24, 2.45) is 7.05 Å². The summed E-state index contributed by atoms with van der Waals surface area (Å²) in [5.41, 5.74) is 0. The summed E-state index contributed by atoms with van der Waals surface area (Å²) in [7, 11) is 1.87. The summed E-state index contributed by atoms with van der Waals surface area (Å²) < 4.78 is 1.75. The molecule has 1 rings (SSSR count). The third-order valence-corrected chi connectivity index (χ3v) is 2.12. The second-order valence-electron chi connectivity index (χ2n) is 2.55. The number of halogens is 1. The molecule has 0 saturated carbocycles. The third-order valence-electron chi connectivity index (χ3n) is 1.86. The molecule has 0 fully saturated rings. The van der Waals surface area contributed by atoms with Gasteiger partial charge in [0.2, 0.25) is 0 Å². The van der Waals surface area contributed by atoms with Crippen molar-refractivity contribution in [2.45, 2.75) is 13.8 Å². The Balaban J connectivity index is 2.98. The maximum absolute atomic E-state index is 5.92. The van der Waals surface area contributed by atoms with Crippen molar-refractivity contribution in [1.29, 1.82) is 0 Å². The van der Waals surface area contributed by atoms with E-state index in [9.17, 15) is 0 Å². The highest BCUT2D eigenvalue weighted by Gasteiger charge is 2.11. The van der Waals surface area contributed by atoms with Crippen molar-refractivity contribution < 1.29 is 0 Å². The molecule has 1 aromatic heterocycles. The minimum atomic E-state index is 0.598. The zero-order valence-electron chi connectivity index (χ0n) is 7.63. The van der Waals surface area contributed by atoms with Crippen molar-refractivity contribution in [3.8, 4) is 0 Å². The third kappa shape index (κ3) is 1.55. The molecule has 4 heteroatoms. The van der Waals surface area contributed by atoms with E-state index in [0.717, 1.165) is 18.9 Å². The molecular formula is C8H13ClN3. The summed E-state index contributed by atoms with van der Waals surface area (Å²) in [5.74, 6) is 0.946. The Morgan fingerprint density at radius 3 is 2.42 bits per heavy atom. The van der Waals surface area contributed by atoms with Crippen LogP contribution in [0.2, 0.25) is 5.02 Å². The minimum Gasteiger partial charge on any atom is -0.356 e. The lowest BCUT2D eigenvalue weighted by atomic mass is 10.5.